The summed E-state index contributed by atoms with van der Waals surface area (Å²) in [6, 6.07) is 5.62. The number of aryl methyl sites for hydroxylation is 1. The van der Waals surface area contributed by atoms with Gasteiger partial charge in [0.15, 0.2) is 0 Å². The maximum Gasteiger partial charge on any atom is 0.272 e. The van der Waals surface area contributed by atoms with E-state index in [1.165, 1.54) is 23.1 Å². The summed E-state index contributed by atoms with van der Waals surface area (Å²) in [5, 5.41) is 6.47. The van der Waals surface area contributed by atoms with Crippen LogP contribution in [0.5, 0.6) is 5.75 Å². The van der Waals surface area contributed by atoms with Gasteiger partial charge in [0.25, 0.3) is 5.91 Å². The Balaban J connectivity index is 1.76. The Bertz CT molecular complexity index is 965. The quantitative estimate of drug-likeness (QED) is 0.522. The van der Waals surface area contributed by atoms with Gasteiger partial charge in [-0.15, -0.1) is 29.5 Å². The van der Waals surface area contributed by atoms with Crippen LogP contribution in [0.3, 0.4) is 0 Å². The fourth-order valence-electron chi connectivity index (χ4n) is 2.46. The highest BCUT2D eigenvalue weighted by Gasteiger charge is 2.20. The Kier molecular flexibility index (Phi) is 5.76. The van der Waals surface area contributed by atoms with Gasteiger partial charge in [-0.1, -0.05) is 5.92 Å². The van der Waals surface area contributed by atoms with Crippen LogP contribution in [0, 0.1) is 19.3 Å². The number of rotatable bonds is 6. The number of carbonyl (C=O) groups is 1. The van der Waals surface area contributed by atoms with Crippen LogP contribution in [-0.2, 0) is 11.3 Å². The van der Waals surface area contributed by atoms with E-state index in [1.807, 2.05) is 36.8 Å². The smallest absolute Gasteiger partial charge is 0.272 e. The zero-order chi connectivity index (χ0) is 18.5. The van der Waals surface area contributed by atoms with Crippen molar-refractivity contribution in [1.29, 1.82) is 0 Å². The number of nitrogens with zero attached hydrogens (tertiary/aromatic N) is 2. The van der Waals surface area contributed by atoms with E-state index in [4.69, 9.17) is 11.2 Å². The molecule has 5 nitrogen and oxygen atoms in total. The highest BCUT2D eigenvalue weighted by molar-refractivity contribution is 7.99. The van der Waals surface area contributed by atoms with E-state index in [2.05, 4.69) is 21.2 Å². The van der Waals surface area contributed by atoms with Gasteiger partial charge >= 0.3 is 0 Å². The van der Waals surface area contributed by atoms with Gasteiger partial charge in [-0.25, -0.2) is 4.98 Å². The van der Waals surface area contributed by atoms with Crippen molar-refractivity contribution < 1.29 is 9.53 Å². The number of thiazole rings is 1. The summed E-state index contributed by atoms with van der Waals surface area (Å²) in [6.45, 7) is 2.34. The van der Waals surface area contributed by atoms with Crippen LogP contribution in [0.15, 0.2) is 36.0 Å². The summed E-state index contributed by atoms with van der Waals surface area (Å²) in [4.78, 5) is 21.0. The second-order valence-corrected chi connectivity index (χ2v) is 7.39. The molecule has 0 aliphatic carbocycles. The molecule has 3 aromatic rings. The third kappa shape index (κ3) is 4.15. The number of amides is 1. The lowest BCUT2D eigenvalue weighted by Crippen LogP contribution is -2.35. The summed E-state index contributed by atoms with van der Waals surface area (Å²) in [5.41, 5.74) is 1.88. The minimum Gasteiger partial charge on any atom is -0.470 e. The summed E-state index contributed by atoms with van der Waals surface area (Å²) >= 11 is 2.83. The first kappa shape index (κ1) is 18.2. The van der Waals surface area contributed by atoms with Gasteiger partial charge in [-0.05, 0) is 36.9 Å². The fraction of sp³-hybridized carbons (Fsp3) is 0.211. The third-order valence-electron chi connectivity index (χ3n) is 3.68. The van der Waals surface area contributed by atoms with E-state index in [-0.39, 0.29) is 5.91 Å². The molecule has 0 fully saturated rings. The van der Waals surface area contributed by atoms with Crippen LogP contribution >= 0.6 is 23.1 Å². The van der Waals surface area contributed by atoms with Gasteiger partial charge in [0, 0.05) is 28.7 Å². The summed E-state index contributed by atoms with van der Waals surface area (Å²) in [6.07, 6.45) is 10.7. The molecule has 132 valence electrons. The molecule has 1 atom stereocenters. The molecule has 0 aliphatic rings. The van der Waals surface area contributed by atoms with Crippen molar-refractivity contribution in [3.05, 3.63) is 52.1 Å². The number of pyridine rings is 1. The molecule has 7 heteroatoms. The first-order valence-corrected chi connectivity index (χ1v) is 10.00. The SMILES string of the molecule is C#Cc1cnc2c(C)cc(OC(SC)C(=O)NCc3nccs3)cc2c1. The van der Waals surface area contributed by atoms with Crippen LogP contribution < -0.4 is 10.1 Å². The van der Waals surface area contributed by atoms with Crippen molar-refractivity contribution in [2.75, 3.05) is 6.26 Å². The molecule has 1 aromatic carbocycles. The minimum atomic E-state index is -0.657. The zero-order valence-corrected chi connectivity index (χ0v) is 16.0. The number of fused-ring (bicyclic) bond motifs is 1. The molecule has 26 heavy (non-hydrogen) atoms. The van der Waals surface area contributed by atoms with Crippen molar-refractivity contribution in [2.24, 2.45) is 0 Å². The molecule has 2 heterocycles. The number of benzene rings is 1. The normalized spacial score (nSPS) is 11.7. The molecule has 0 saturated carbocycles. The standard InChI is InChI=1S/C19H17N3O2S2/c1-4-13-8-14-9-15(7-12(2)17(14)21-10-13)24-19(25-3)18(23)22-11-16-20-5-6-26-16/h1,5-10,19H,11H2,2-3H3,(H,22,23). The van der Waals surface area contributed by atoms with Gasteiger partial charge in [-0.2, -0.15) is 0 Å². The fourth-order valence-corrected chi connectivity index (χ4v) is 3.52. The molecule has 2 aromatic heterocycles. The Hall–Kier alpha value is -2.56. The molecular weight excluding hydrogens is 366 g/mol. The Morgan fingerprint density at radius 1 is 1.42 bits per heavy atom. The van der Waals surface area contributed by atoms with Crippen LogP contribution in [0.25, 0.3) is 10.9 Å². The van der Waals surface area contributed by atoms with Crippen molar-refractivity contribution in [1.82, 2.24) is 15.3 Å². The summed E-state index contributed by atoms with van der Waals surface area (Å²) < 4.78 is 5.91. The number of hydrogen-bond donors (Lipinski definition) is 1. The highest BCUT2D eigenvalue weighted by atomic mass is 32.2. The number of carbonyl (C=O) groups excluding carboxylic acids is 1. The van der Waals surface area contributed by atoms with E-state index in [1.54, 1.807) is 12.4 Å². The van der Waals surface area contributed by atoms with E-state index < -0.39 is 5.44 Å². The lowest BCUT2D eigenvalue weighted by atomic mass is 10.1. The number of thioether (sulfide) groups is 1. The predicted molar refractivity (Wildman–Crippen MR) is 106 cm³/mol. The molecule has 0 radical (unpaired) electrons. The number of nitrogens with one attached hydrogen (secondary N) is 1. The van der Waals surface area contributed by atoms with E-state index in [0.29, 0.717) is 17.9 Å². The second-order valence-electron chi connectivity index (χ2n) is 5.51. The van der Waals surface area contributed by atoms with Gasteiger partial charge in [0.2, 0.25) is 5.44 Å². The number of hydrogen-bond acceptors (Lipinski definition) is 6. The summed E-state index contributed by atoms with van der Waals surface area (Å²) in [7, 11) is 0. The molecule has 0 bridgehead atoms. The largest absolute Gasteiger partial charge is 0.470 e. The van der Waals surface area contributed by atoms with Crippen LogP contribution in [0.4, 0.5) is 0 Å². The third-order valence-corrected chi connectivity index (χ3v) is 5.20. The first-order chi connectivity index (χ1) is 12.6. The molecule has 0 aliphatic heterocycles. The molecule has 3 rings (SSSR count). The Morgan fingerprint density at radius 3 is 2.96 bits per heavy atom. The van der Waals surface area contributed by atoms with E-state index >= 15 is 0 Å². The average Bonchev–Trinajstić information content (AvgIpc) is 3.17. The lowest BCUT2D eigenvalue weighted by molar-refractivity contribution is -0.124. The molecule has 1 amide bonds. The molecule has 1 N–H and O–H groups in total. The Morgan fingerprint density at radius 2 is 2.27 bits per heavy atom. The number of terminal acetylenes is 1. The van der Waals surface area contributed by atoms with Crippen molar-refractivity contribution in [2.45, 2.75) is 18.9 Å². The highest BCUT2D eigenvalue weighted by Crippen LogP contribution is 2.26. The number of ether oxygens (including phenoxy) is 1. The minimum absolute atomic E-state index is 0.194. The van der Waals surface area contributed by atoms with Crippen LogP contribution in [-0.4, -0.2) is 27.6 Å². The van der Waals surface area contributed by atoms with Crippen molar-refractivity contribution in [3.63, 3.8) is 0 Å². The molecule has 1 unspecified atom stereocenters. The molecular formula is C19H17N3O2S2. The van der Waals surface area contributed by atoms with Gasteiger partial charge in [-0.3, -0.25) is 9.78 Å². The average molecular weight is 383 g/mol. The molecule has 0 saturated heterocycles. The monoisotopic (exact) mass is 383 g/mol. The van der Waals surface area contributed by atoms with Crippen LogP contribution in [0.2, 0.25) is 0 Å². The van der Waals surface area contributed by atoms with Gasteiger partial charge in [0.05, 0.1) is 12.1 Å². The molecule has 0 spiro atoms. The Labute approximate surface area is 160 Å². The topological polar surface area (TPSA) is 64.1 Å². The lowest BCUT2D eigenvalue weighted by Gasteiger charge is -2.17. The predicted octanol–water partition coefficient (Wildman–Crippen LogP) is 3.37. The first-order valence-electron chi connectivity index (χ1n) is 7.83. The summed E-state index contributed by atoms with van der Waals surface area (Å²) in [5.74, 6) is 2.99. The second kappa shape index (κ2) is 8.21. The maximum absolute atomic E-state index is 12.4. The van der Waals surface area contributed by atoms with Crippen LogP contribution in [0.1, 0.15) is 16.1 Å². The van der Waals surface area contributed by atoms with E-state index in [9.17, 15) is 4.79 Å². The van der Waals surface area contributed by atoms with Crippen molar-refractivity contribution in [3.8, 4) is 18.1 Å². The van der Waals surface area contributed by atoms with Gasteiger partial charge < -0.3 is 10.1 Å². The van der Waals surface area contributed by atoms with Gasteiger partial charge in [0.1, 0.15) is 10.8 Å². The number of aromatic nitrogens is 2. The van der Waals surface area contributed by atoms with Crippen molar-refractivity contribution >= 4 is 39.9 Å². The zero-order valence-electron chi connectivity index (χ0n) is 14.4. The van der Waals surface area contributed by atoms with E-state index in [0.717, 1.165) is 21.5 Å². The maximum atomic E-state index is 12.4.